The summed E-state index contributed by atoms with van der Waals surface area (Å²) >= 11 is 0. The Bertz CT molecular complexity index is 856. The Balaban J connectivity index is 2.04. The molecule has 0 saturated carbocycles. The molecule has 0 aromatic heterocycles. The van der Waals surface area contributed by atoms with Crippen LogP contribution in [0.3, 0.4) is 0 Å². The van der Waals surface area contributed by atoms with Crippen LogP contribution in [0.15, 0.2) is 59.7 Å². The number of carbonyl (C=O) groups is 2. The number of benzene rings is 2. The summed E-state index contributed by atoms with van der Waals surface area (Å²) in [5, 5.41) is 6.67. The maximum Gasteiger partial charge on any atom is 0.408 e. The number of alkyl carbamates (subject to hydrolysis) is 1. The number of hydrogen-bond donors (Lipinski definition) is 2. The van der Waals surface area contributed by atoms with Crippen molar-refractivity contribution in [3.8, 4) is 0 Å². The minimum atomic E-state index is -0.824. The van der Waals surface area contributed by atoms with Gasteiger partial charge < -0.3 is 15.0 Å². The summed E-state index contributed by atoms with van der Waals surface area (Å²) in [5.41, 5.74) is 4.68. The summed E-state index contributed by atoms with van der Waals surface area (Å²) in [6.45, 7) is 5.31. The Labute approximate surface area is 178 Å². The Morgan fingerprint density at radius 3 is 2.27 bits per heavy atom. The monoisotopic (exact) mass is 410 g/mol. The molecule has 30 heavy (non-hydrogen) atoms. The second-order valence-electron chi connectivity index (χ2n) is 8.11. The molecule has 0 saturated heterocycles. The van der Waals surface area contributed by atoms with E-state index < -0.39 is 23.6 Å². The zero-order valence-electron chi connectivity index (χ0n) is 18.2. The zero-order valence-corrected chi connectivity index (χ0v) is 18.2. The molecule has 0 spiro atoms. The van der Waals surface area contributed by atoms with Gasteiger partial charge in [-0.3, -0.25) is 4.79 Å². The highest BCUT2D eigenvalue weighted by molar-refractivity contribution is 5.87. The molecule has 2 aromatic rings. The molecule has 1 atom stereocenters. The third kappa shape index (κ3) is 7.95. The van der Waals surface area contributed by atoms with Crippen LogP contribution >= 0.6 is 0 Å². The van der Waals surface area contributed by atoms with Crippen molar-refractivity contribution in [3.05, 3.63) is 65.7 Å². The Morgan fingerprint density at radius 1 is 1.07 bits per heavy atom. The molecule has 0 aliphatic heterocycles. The number of anilines is 1. The smallest absolute Gasteiger partial charge is 0.408 e. The fraction of sp³-hybridized carbons (Fsp3) is 0.348. The predicted molar refractivity (Wildman–Crippen MR) is 120 cm³/mol. The number of amides is 2. The average Bonchev–Trinajstić information content (AvgIpc) is 2.67. The van der Waals surface area contributed by atoms with Gasteiger partial charge in [-0.15, -0.1) is 0 Å². The van der Waals surface area contributed by atoms with Crippen LogP contribution in [0.5, 0.6) is 0 Å². The van der Waals surface area contributed by atoms with Gasteiger partial charge in [0.1, 0.15) is 11.6 Å². The van der Waals surface area contributed by atoms with E-state index in [1.807, 2.05) is 73.6 Å². The van der Waals surface area contributed by atoms with Gasteiger partial charge >= 0.3 is 6.09 Å². The van der Waals surface area contributed by atoms with Crippen LogP contribution < -0.4 is 15.6 Å². The molecule has 2 rings (SSSR count). The minimum Gasteiger partial charge on any atom is -0.444 e. The third-order valence-electron chi connectivity index (χ3n) is 4.09. The topological polar surface area (TPSA) is 83.0 Å². The Morgan fingerprint density at radius 2 is 1.70 bits per heavy atom. The molecule has 2 amide bonds. The van der Waals surface area contributed by atoms with Crippen molar-refractivity contribution in [2.75, 3.05) is 19.0 Å². The van der Waals surface area contributed by atoms with E-state index in [0.717, 1.165) is 16.8 Å². The van der Waals surface area contributed by atoms with Crippen molar-refractivity contribution in [1.29, 1.82) is 0 Å². The van der Waals surface area contributed by atoms with Gasteiger partial charge in [-0.25, -0.2) is 10.2 Å². The largest absolute Gasteiger partial charge is 0.444 e. The lowest BCUT2D eigenvalue weighted by Crippen LogP contribution is -2.48. The van der Waals surface area contributed by atoms with E-state index >= 15 is 0 Å². The van der Waals surface area contributed by atoms with Gasteiger partial charge in [-0.05, 0) is 44.0 Å². The van der Waals surface area contributed by atoms with Gasteiger partial charge in [0.25, 0.3) is 5.91 Å². The lowest BCUT2D eigenvalue weighted by Gasteiger charge is -2.23. The van der Waals surface area contributed by atoms with Crippen molar-refractivity contribution >= 4 is 23.9 Å². The van der Waals surface area contributed by atoms with Crippen molar-refractivity contribution in [2.45, 2.75) is 38.8 Å². The first kappa shape index (κ1) is 22.9. The Hall–Kier alpha value is -3.35. The first-order valence-corrected chi connectivity index (χ1v) is 9.78. The number of carbonyl (C=O) groups excluding carboxylic acids is 2. The quantitative estimate of drug-likeness (QED) is 0.542. The van der Waals surface area contributed by atoms with Crippen molar-refractivity contribution in [1.82, 2.24) is 10.7 Å². The molecule has 0 fully saturated rings. The standard InChI is InChI=1S/C23H30N4O3/c1-23(2,3)30-22(29)25-20(15-17-9-7-6-8-10-17)21(28)26-24-16-18-11-13-19(14-12-18)27(4)5/h6-14,16,20H,15H2,1-5H3,(H,25,29)(H,26,28)/b24-16+/t20-/m0/s1. The molecule has 2 aromatic carbocycles. The fourth-order valence-corrected chi connectivity index (χ4v) is 2.62. The molecule has 0 unspecified atom stereocenters. The third-order valence-corrected chi connectivity index (χ3v) is 4.09. The second-order valence-corrected chi connectivity index (χ2v) is 8.11. The summed E-state index contributed by atoms with van der Waals surface area (Å²) in [5.74, 6) is -0.425. The van der Waals surface area contributed by atoms with Crippen LogP contribution in [-0.2, 0) is 16.0 Å². The van der Waals surface area contributed by atoms with Crippen molar-refractivity contribution in [2.24, 2.45) is 5.10 Å². The maximum atomic E-state index is 12.7. The lowest BCUT2D eigenvalue weighted by atomic mass is 10.1. The summed E-state index contributed by atoms with van der Waals surface area (Å²) in [7, 11) is 3.93. The maximum absolute atomic E-state index is 12.7. The van der Waals surface area contributed by atoms with Gasteiger partial charge in [0.05, 0.1) is 6.21 Å². The zero-order chi connectivity index (χ0) is 22.1. The molecular weight excluding hydrogens is 380 g/mol. The molecule has 0 radical (unpaired) electrons. The summed E-state index contributed by atoms with van der Waals surface area (Å²) < 4.78 is 5.29. The average molecular weight is 411 g/mol. The van der Waals surface area contributed by atoms with Crippen LogP contribution in [0, 0.1) is 0 Å². The van der Waals surface area contributed by atoms with Crippen molar-refractivity contribution in [3.63, 3.8) is 0 Å². The number of hydrogen-bond acceptors (Lipinski definition) is 5. The SMILES string of the molecule is CN(C)c1ccc(/C=N/NC(=O)[C@H](Cc2ccccc2)NC(=O)OC(C)(C)C)cc1. The van der Waals surface area contributed by atoms with E-state index in [9.17, 15) is 9.59 Å². The van der Waals surface area contributed by atoms with Gasteiger partial charge in [0, 0.05) is 26.2 Å². The van der Waals surface area contributed by atoms with E-state index in [-0.39, 0.29) is 0 Å². The normalized spacial score (nSPS) is 12.3. The number of nitrogens with one attached hydrogen (secondary N) is 2. The highest BCUT2D eigenvalue weighted by Crippen LogP contribution is 2.11. The highest BCUT2D eigenvalue weighted by Gasteiger charge is 2.24. The van der Waals surface area contributed by atoms with Crippen LogP contribution in [0.1, 0.15) is 31.9 Å². The van der Waals surface area contributed by atoms with E-state index in [2.05, 4.69) is 15.8 Å². The predicted octanol–water partition coefficient (Wildman–Crippen LogP) is 3.34. The van der Waals surface area contributed by atoms with Gasteiger partial charge in [-0.2, -0.15) is 5.10 Å². The molecule has 2 N–H and O–H groups in total. The van der Waals surface area contributed by atoms with E-state index in [0.29, 0.717) is 6.42 Å². The number of rotatable bonds is 7. The van der Waals surface area contributed by atoms with Crippen molar-refractivity contribution < 1.29 is 14.3 Å². The van der Waals surface area contributed by atoms with E-state index in [1.165, 1.54) is 0 Å². The molecule has 0 aliphatic rings. The first-order valence-electron chi connectivity index (χ1n) is 9.78. The fourth-order valence-electron chi connectivity index (χ4n) is 2.62. The van der Waals surface area contributed by atoms with E-state index in [4.69, 9.17) is 4.74 Å². The number of ether oxygens (including phenoxy) is 1. The highest BCUT2D eigenvalue weighted by atomic mass is 16.6. The first-order chi connectivity index (χ1) is 14.1. The van der Waals surface area contributed by atoms with Gasteiger partial charge in [0.2, 0.25) is 0 Å². The van der Waals surface area contributed by atoms with Crippen LogP contribution in [0.4, 0.5) is 10.5 Å². The van der Waals surface area contributed by atoms with Crippen LogP contribution in [-0.4, -0.2) is 44.0 Å². The van der Waals surface area contributed by atoms with Gasteiger partial charge in [0.15, 0.2) is 0 Å². The summed E-state index contributed by atoms with van der Waals surface area (Å²) in [6, 6.07) is 16.4. The van der Waals surface area contributed by atoms with Gasteiger partial charge in [-0.1, -0.05) is 42.5 Å². The van der Waals surface area contributed by atoms with E-state index in [1.54, 1.807) is 27.0 Å². The van der Waals surface area contributed by atoms with Crippen LogP contribution in [0.25, 0.3) is 0 Å². The summed E-state index contributed by atoms with van der Waals surface area (Å²) in [4.78, 5) is 26.9. The Kier molecular flexibility index (Phi) is 7.98. The lowest BCUT2D eigenvalue weighted by molar-refractivity contribution is -0.123. The molecule has 0 heterocycles. The summed E-state index contributed by atoms with van der Waals surface area (Å²) in [6.07, 6.45) is 1.23. The molecule has 160 valence electrons. The molecule has 7 heteroatoms. The molecular formula is C23H30N4O3. The molecule has 0 bridgehead atoms. The molecule has 7 nitrogen and oxygen atoms in total. The second kappa shape index (κ2) is 10.4. The van der Waals surface area contributed by atoms with Crippen LogP contribution in [0.2, 0.25) is 0 Å². The minimum absolute atomic E-state index is 0.318. The number of hydrazone groups is 1. The number of nitrogens with zero attached hydrogens (tertiary/aromatic N) is 2. The molecule has 0 aliphatic carbocycles.